The molecule has 0 amide bonds. The van der Waals surface area contributed by atoms with Crippen molar-refractivity contribution in [1.29, 1.82) is 0 Å². The van der Waals surface area contributed by atoms with E-state index in [-0.39, 0.29) is 18.9 Å². The molecule has 1 aliphatic carbocycles. The van der Waals surface area contributed by atoms with Crippen LogP contribution in [0.3, 0.4) is 0 Å². The van der Waals surface area contributed by atoms with Gasteiger partial charge >= 0.3 is 6.18 Å². The Labute approximate surface area is 123 Å². The second-order valence-corrected chi connectivity index (χ2v) is 6.25. The van der Waals surface area contributed by atoms with Crippen molar-refractivity contribution in [3.8, 4) is 0 Å². The maximum Gasteiger partial charge on any atom is 0.391 e. The number of benzene rings is 1. The van der Waals surface area contributed by atoms with Crippen LogP contribution in [0.5, 0.6) is 0 Å². The van der Waals surface area contributed by atoms with Gasteiger partial charge in [0.15, 0.2) is 0 Å². The Balaban J connectivity index is 1.63. The molecule has 116 valence electrons. The van der Waals surface area contributed by atoms with Crippen molar-refractivity contribution in [2.75, 3.05) is 12.3 Å². The van der Waals surface area contributed by atoms with Crippen LogP contribution in [0.4, 0.5) is 18.9 Å². The van der Waals surface area contributed by atoms with Gasteiger partial charge in [-0.3, -0.25) is 4.90 Å². The van der Waals surface area contributed by atoms with E-state index in [0.29, 0.717) is 12.8 Å². The molecule has 5 heteroatoms. The molecular weight excluding hydrogens is 277 g/mol. The molecule has 21 heavy (non-hydrogen) atoms. The van der Waals surface area contributed by atoms with E-state index >= 15 is 0 Å². The zero-order valence-corrected chi connectivity index (χ0v) is 12.0. The maximum absolute atomic E-state index is 12.7. The number of fused-ring (bicyclic) bond motifs is 1. The molecule has 0 aromatic heterocycles. The van der Waals surface area contributed by atoms with Crippen LogP contribution in [0, 0.1) is 5.92 Å². The largest absolute Gasteiger partial charge is 0.398 e. The first kappa shape index (κ1) is 14.7. The summed E-state index contributed by atoms with van der Waals surface area (Å²) in [6, 6.07) is 6.25. The molecule has 3 rings (SSSR count). The van der Waals surface area contributed by atoms with Gasteiger partial charge in [0.2, 0.25) is 0 Å². The van der Waals surface area contributed by atoms with Crippen molar-refractivity contribution in [3.05, 3.63) is 29.3 Å². The first-order valence-corrected chi connectivity index (χ1v) is 7.62. The van der Waals surface area contributed by atoms with Gasteiger partial charge in [0.1, 0.15) is 0 Å². The van der Waals surface area contributed by atoms with E-state index in [1.807, 2.05) is 12.1 Å². The molecule has 2 N–H and O–H groups in total. The first-order chi connectivity index (χ1) is 9.95. The zero-order valence-electron chi connectivity index (χ0n) is 12.0. The normalized spacial score (nSPS) is 27.4. The summed E-state index contributed by atoms with van der Waals surface area (Å²) >= 11 is 0. The van der Waals surface area contributed by atoms with Crippen LogP contribution < -0.4 is 5.73 Å². The van der Waals surface area contributed by atoms with E-state index in [2.05, 4.69) is 11.0 Å². The number of halogens is 3. The van der Waals surface area contributed by atoms with Crippen molar-refractivity contribution >= 4 is 5.69 Å². The molecule has 0 atom stereocenters. The smallest absolute Gasteiger partial charge is 0.391 e. The number of nitrogen functional groups attached to an aromatic ring is 1. The predicted molar refractivity (Wildman–Crippen MR) is 76.8 cm³/mol. The lowest BCUT2D eigenvalue weighted by molar-refractivity contribution is -0.184. The Morgan fingerprint density at radius 3 is 2.48 bits per heavy atom. The van der Waals surface area contributed by atoms with Crippen molar-refractivity contribution in [2.24, 2.45) is 5.92 Å². The summed E-state index contributed by atoms with van der Waals surface area (Å²) in [5.41, 5.74) is 9.28. The van der Waals surface area contributed by atoms with Gasteiger partial charge in [-0.25, -0.2) is 0 Å². The highest BCUT2D eigenvalue weighted by Crippen LogP contribution is 2.39. The zero-order chi connectivity index (χ0) is 15.0. The fraction of sp³-hybridized carbons (Fsp3) is 0.625. The van der Waals surface area contributed by atoms with E-state index in [1.165, 1.54) is 11.1 Å². The number of nitrogens with two attached hydrogens (primary N) is 1. The molecule has 0 bridgehead atoms. The number of nitrogens with zero attached hydrogens (tertiary/aromatic N) is 1. The highest BCUT2D eigenvalue weighted by Gasteiger charge is 2.42. The van der Waals surface area contributed by atoms with Crippen molar-refractivity contribution in [3.63, 3.8) is 0 Å². The second-order valence-electron chi connectivity index (χ2n) is 6.25. The summed E-state index contributed by atoms with van der Waals surface area (Å²) in [6.45, 7) is 1.73. The molecule has 0 radical (unpaired) electrons. The summed E-state index contributed by atoms with van der Waals surface area (Å²) in [4.78, 5) is 2.34. The summed E-state index contributed by atoms with van der Waals surface area (Å²) in [6.07, 6.45) is -1.26. The van der Waals surface area contributed by atoms with Gasteiger partial charge in [0.25, 0.3) is 0 Å². The molecule has 1 aliphatic heterocycles. The molecular formula is C16H21F3N2. The quantitative estimate of drug-likeness (QED) is 0.800. The third-order valence-electron chi connectivity index (χ3n) is 5.01. The monoisotopic (exact) mass is 298 g/mol. The third kappa shape index (κ3) is 3.03. The second kappa shape index (κ2) is 5.52. The van der Waals surface area contributed by atoms with Crippen LogP contribution in [0.25, 0.3) is 0 Å². The van der Waals surface area contributed by atoms with Gasteiger partial charge in [-0.05, 0) is 49.3 Å². The highest BCUT2D eigenvalue weighted by atomic mass is 19.4. The Bertz CT molecular complexity index is 505. The number of alkyl halides is 3. The molecule has 1 fully saturated rings. The Morgan fingerprint density at radius 2 is 1.81 bits per heavy atom. The molecule has 0 saturated heterocycles. The number of hydrogen-bond acceptors (Lipinski definition) is 2. The fourth-order valence-electron chi connectivity index (χ4n) is 3.74. The molecule has 0 spiro atoms. The Kier molecular flexibility index (Phi) is 3.86. The molecule has 0 unspecified atom stereocenters. The van der Waals surface area contributed by atoms with Gasteiger partial charge in [-0.2, -0.15) is 13.2 Å². The van der Waals surface area contributed by atoms with E-state index in [1.54, 1.807) is 0 Å². The summed E-state index contributed by atoms with van der Waals surface area (Å²) in [5.74, 6) is -1.10. The molecule has 1 aromatic carbocycles. The lowest BCUT2D eigenvalue weighted by Crippen LogP contribution is -2.43. The highest BCUT2D eigenvalue weighted by molar-refractivity contribution is 5.51. The van der Waals surface area contributed by atoms with E-state index in [0.717, 1.165) is 25.2 Å². The van der Waals surface area contributed by atoms with Crippen LogP contribution in [0.15, 0.2) is 18.2 Å². The van der Waals surface area contributed by atoms with Crippen molar-refractivity contribution in [1.82, 2.24) is 4.90 Å². The third-order valence-corrected chi connectivity index (χ3v) is 5.01. The van der Waals surface area contributed by atoms with E-state index in [9.17, 15) is 13.2 Å². The summed E-state index contributed by atoms with van der Waals surface area (Å²) in [5, 5.41) is 0. The number of anilines is 1. The molecule has 2 aliphatic rings. The molecule has 2 nitrogen and oxygen atoms in total. The van der Waals surface area contributed by atoms with Crippen LogP contribution in [-0.2, 0) is 13.0 Å². The van der Waals surface area contributed by atoms with E-state index < -0.39 is 12.1 Å². The SMILES string of the molecule is Nc1cccc2c1CCN(C1CCC(C(F)(F)F)CC1)C2. The van der Waals surface area contributed by atoms with Crippen LogP contribution in [0.1, 0.15) is 36.8 Å². The first-order valence-electron chi connectivity index (χ1n) is 7.62. The van der Waals surface area contributed by atoms with Crippen molar-refractivity contribution < 1.29 is 13.2 Å². The molecule has 1 saturated carbocycles. The van der Waals surface area contributed by atoms with Crippen molar-refractivity contribution in [2.45, 2.75) is 50.9 Å². The fourth-order valence-corrected chi connectivity index (χ4v) is 3.74. The number of hydrogen-bond donors (Lipinski definition) is 1. The molecule has 1 heterocycles. The minimum Gasteiger partial charge on any atom is -0.398 e. The van der Waals surface area contributed by atoms with Gasteiger partial charge < -0.3 is 5.73 Å². The Morgan fingerprint density at radius 1 is 1.10 bits per heavy atom. The summed E-state index contributed by atoms with van der Waals surface area (Å²) < 4.78 is 38.2. The topological polar surface area (TPSA) is 29.3 Å². The van der Waals surface area contributed by atoms with Crippen LogP contribution >= 0.6 is 0 Å². The average Bonchev–Trinajstić information content (AvgIpc) is 2.46. The molecule has 1 aromatic rings. The summed E-state index contributed by atoms with van der Waals surface area (Å²) in [7, 11) is 0. The van der Waals surface area contributed by atoms with Gasteiger partial charge in [0, 0.05) is 24.8 Å². The van der Waals surface area contributed by atoms with Gasteiger partial charge in [-0.1, -0.05) is 12.1 Å². The minimum atomic E-state index is -4.02. The standard InChI is InChI=1S/C16H21F3N2/c17-16(18,19)12-4-6-13(7-5-12)21-9-8-14-11(10-21)2-1-3-15(14)20/h1-3,12-13H,4-10,20H2. The van der Waals surface area contributed by atoms with Gasteiger partial charge in [0.05, 0.1) is 5.92 Å². The maximum atomic E-state index is 12.7. The lowest BCUT2D eigenvalue weighted by Gasteiger charge is -2.40. The van der Waals surface area contributed by atoms with Gasteiger partial charge in [-0.15, -0.1) is 0 Å². The Hall–Kier alpha value is -1.23. The van der Waals surface area contributed by atoms with Crippen LogP contribution in [-0.4, -0.2) is 23.7 Å². The van der Waals surface area contributed by atoms with E-state index in [4.69, 9.17) is 5.73 Å². The lowest BCUT2D eigenvalue weighted by atomic mass is 9.84. The minimum absolute atomic E-state index is 0.272. The average molecular weight is 298 g/mol. The predicted octanol–water partition coefficient (Wildman–Crippen LogP) is 3.75. The van der Waals surface area contributed by atoms with Crippen LogP contribution in [0.2, 0.25) is 0 Å². The number of rotatable bonds is 1.